The lowest BCUT2D eigenvalue weighted by Gasteiger charge is -2.21. The van der Waals surface area contributed by atoms with Gasteiger partial charge in [-0.25, -0.2) is 0 Å². The van der Waals surface area contributed by atoms with Crippen molar-refractivity contribution in [2.24, 2.45) is 0 Å². The molecule has 0 radical (unpaired) electrons. The molecule has 0 amide bonds. The number of halogens is 1. The summed E-state index contributed by atoms with van der Waals surface area (Å²) in [6.45, 7) is 1.71. The van der Waals surface area contributed by atoms with Crippen molar-refractivity contribution in [2.75, 3.05) is 20.3 Å². The van der Waals surface area contributed by atoms with Gasteiger partial charge in [0.2, 0.25) is 0 Å². The summed E-state index contributed by atoms with van der Waals surface area (Å²) in [6, 6.07) is 6.38. The first-order valence-corrected chi connectivity index (χ1v) is 6.29. The van der Waals surface area contributed by atoms with Gasteiger partial charge in [0.15, 0.2) is 0 Å². The molecule has 0 aliphatic heterocycles. The molecule has 1 saturated carbocycles. The van der Waals surface area contributed by atoms with Crippen LogP contribution in [-0.2, 0) is 6.54 Å². The second kappa shape index (κ2) is 5.71. The second-order valence-electron chi connectivity index (χ2n) is 4.38. The largest absolute Gasteiger partial charge is 0.497 e. The summed E-state index contributed by atoms with van der Waals surface area (Å²) >= 11 is 6.21. The van der Waals surface area contributed by atoms with E-state index in [2.05, 4.69) is 4.90 Å². The first kappa shape index (κ1) is 12.7. The summed E-state index contributed by atoms with van der Waals surface area (Å²) in [6.07, 6.45) is 2.46. The molecule has 0 unspecified atom stereocenters. The fourth-order valence-electron chi connectivity index (χ4n) is 1.96. The molecule has 94 valence electrons. The van der Waals surface area contributed by atoms with Crippen LogP contribution in [-0.4, -0.2) is 36.3 Å². The van der Waals surface area contributed by atoms with Crippen molar-refractivity contribution in [3.05, 3.63) is 28.8 Å². The van der Waals surface area contributed by atoms with Crippen molar-refractivity contribution in [1.29, 1.82) is 0 Å². The maximum atomic E-state index is 9.05. The highest BCUT2D eigenvalue weighted by atomic mass is 35.5. The fraction of sp³-hybridized carbons (Fsp3) is 0.538. The predicted octanol–water partition coefficient (Wildman–Crippen LogP) is 2.31. The molecule has 0 spiro atoms. The van der Waals surface area contributed by atoms with E-state index in [9.17, 15) is 0 Å². The van der Waals surface area contributed by atoms with Crippen LogP contribution in [0.15, 0.2) is 18.2 Å². The van der Waals surface area contributed by atoms with Gasteiger partial charge in [0, 0.05) is 24.2 Å². The van der Waals surface area contributed by atoms with E-state index in [1.54, 1.807) is 7.11 Å². The van der Waals surface area contributed by atoms with Crippen molar-refractivity contribution in [3.63, 3.8) is 0 Å². The van der Waals surface area contributed by atoms with Crippen molar-refractivity contribution in [2.45, 2.75) is 25.4 Å². The van der Waals surface area contributed by atoms with Crippen LogP contribution >= 0.6 is 11.6 Å². The number of benzene rings is 1. The molecule has 0 heterocycles. The molecule has 3 nitrogen and oxygen atoms in total. The Hall–Kier alpha value is -0.770. The third-order valence-electron chi connectivity index (χ3n) is 3.08. The zero-order valence-corrected chi connectivity index (χ0v) is 10.8. The molecule has 1 fully saturated rings. The van der Waals surface area contributed by atoms with E-state index in [-0.39, 0.29) is 6.61 Å². The van der Waals surface area contributed by atoms with Gasteiger partial charge < -0.3 is 9.84 Å². The number of hydrogen-bond donors (Lipinski definition) is 1. The third kappa shape index (κ3) is 3.35. The van der Waals surface area contributed by atoms with Crippen LogP contribution in [0.2, 0.25) is 5.02 Å². The molecule has 1 N–H and O–H groups in total. The van der Waals surface area contributed by atoms with E-state index in [1.807, 2.05) is 18.2 Å². The number of aliphatic hydroxyl groups is 1. The third-order valence-corrected chi connectivity index (χ3v) is 3.44. The summed E-state index contributed by atoms with van der Waals surface area (Å²) in [5.41, 5.74) is 1.09. The molecular weight excluding hydrogens is 238 g/mol. The summed E-state index contributed by atoms with van der Waals surface area (Å²) in [5.74, 6) is 0.777. The van der Waals surface area contributed by atoms with Gasteiger partial charge in [-0.3, -0.25) is 4.90 Å². The Morgan fingerprint density at radius 2 is 2.24 bits per heavy atom. The molecule has 2 rings (SSSR count). The zero-order chi connectivity index (χ0) is 12.3. The number of ether oxygens (including phenoxy) is 1. The molecule has 1 aromatic rings. The van der Waals surface area contributed by atoms with Gasteiger partial charge in [0.1, 0.15) is 5.75 Å². The molecule has 0 atom stereocenters. The van der Waals surface area contributed by atoms with Crippen molar-refractivity contribution in [3.8, 4) is 5.75 Å². The number of methoxy groups -OCH3 is 1. The van der Waals surface area contributed by atoms with E-state index < -0.39 is 0 Å². The summed E-state index contributed by atoms with van der Waals surface area (Å²) < 4.78 is 5.12. The van der Waals surface area contributed by atoms with Crippen LogP contribution in [0.25, 0.3) is 0 Å². The van der Waals surface area contributed by atoms with Gasteiger partial charge in [-0.05, 0) is 30.5 Å². The van der Waals surface area contributed by atoms with Crippen LogP contribution < -0.4 is 4.74 Å². The lowest BCUT2D eigenvalue weighted by Crippen LogP contribution is -2.28. The highest BCUT2D eigenvalue weighted by molar-refractivity contribution is 6.31. The normalized spacial score (nSPS) is 15.3. The number of aliphatic hydroxyl groups excluding tert-OH is 1. The summed E-state index contributed by atoms with van der Waals surface area (Å²) in [7, 11) is 1.63. The first-order valence-electron chi connectivity index (χ1n) is 5.92. The second-order valence-corrected chi connectivity index (χ2v) is 4.79. The van der Waals surface area contributed by atoms with Crippen molar-refractivity contribution in [1.82, 2.24) is 4.90 Å². The molecule has 1 aliphatic rings. The van der Waals surface area contributed by atoms with E-state index in [0.717, 1.165) is 22.9 Å². The maximum Gasteiger partial charge on any atom is 0.120 e. The van der Waals surface area contributed by atoms with Crippen molar-refractivity contribution >= 4 is 11.6 Å². The van der Waals surface area contributed by atoms with Gasteiger partial charge in [0.05, 0.1) is 13.7 Å². The van der Waals surface area contributed by atoms with Crippen LogP contribution in [0.3, 0.4) is 0 Å². The molecule has 0 bridgehead atoms. The molecule has 0 aromatic heterocycles. The smallest absolute Gasteiger partial charge is 0.120 e. The lowest BCUT2D eigenvalue weighted by atomic mass is 10.2. The Morgan fingerprint density at radius 1 is 1.47 bits per heavy atom. The Kier molecular flexibility index (Phi) is 4.26. The van der Waals surface area contributed by atoms with Gasteiger partial charge in [-0.1, -0.05) is 17.7 Å². The molecule has 0 saturated heterocycles. The summed E-state index contributed by atoms with van der Waals surface area (Å²) in [5, 5.41) is 9.78. The van der Waals surface area contributed by atoms with Gasteiger partial charge in [-0.15, -0.1) is 0 Å². The van der Waals surface area contributed by atoms with Crippen LogP contribution in [0.4, 0.5) is 0 Å². The lowest BCUT2D eigenvalue weighted by molar-refractivity contribution is 0.183. The molecule has 17 heavy (non-hydrogen) atoms. The van der Waals surface area contributed by atoms with Crippen molar-refractivity contribution < 1.29 is 9.84 Å². The summed E-state index contributed by atoms with van der Waals surface area (Å²) in [4.78, 5) is 2.29. The molecular formula is C13H18ClNO2. The number of rotatable bonds is 6. The minimum absolute atomic E-state index is 0.199. The van der Waals surface area contributed by atoms with E-state index in [4.69, 9.17) is 21.4 Å². The highest BCUT2D eigenvalue weighted by Gasteiger charge is 2.28. The topological polar surface area (TPSA) is 32.7 Å². The highest BCUT2D eigenvalue weighted by Crippen LogP contribution is 2.30. The predicted molar refractivity (Wildman–Crippen MR) is 68.5 cm³/mol. The quantitative estimate of drug-likeness (QED) is 0.847. The van der Waals surface area contributed by atoms with Crippen LogP contribution in [0.1, 0.15) is 18.4 Å². The standard InChI is InChI=1S/C13H18ClNO2/c1-17-12-5-2-10(13(14)8-12)9-15(6-7-16)11-3-4-11/h2,5,8,11,16H,3-4,6-7,9H2,1H3. The Bertz CT molecular complexity index is 380. The van der Waals surface area contributed by atoms with E-state index in [1.165, 1.54) is 12.8 Å². The Balaban J connectivity index is 2.05. The zero-order valence-electron chi connectivity index (χ0n) is 10.0. The number of hydrogen-bond acceptors (Lipinski definition) is 3. The average molecular weight is 256 g/mol. The Labute approximate surface area is 107 Å². The van der Waals surface area contributed by atoms with Gasteiger partial charge in [-0.2, -0.15) is 0 Å². The first-order chi connectivity index (χ1) is 8.24. The van der Waals surface area contributed by atoms with Gasteiger partial charge >= 0.3 is 0 Å². The average Bonchev–Trinajstić information content (AvgIpc) is 3.14. The molecule has 1 aromatic carbocycles. The fourth-order valence-corrected chi connectivity index (χ4v) is 2.19. The molecule has 4 heteroatoms. The van der Waals surface area contributed by atoms with E-state index >= 15 is 0 Å². The van der Waals surface area contributed by atoms with E-state index in [0.29, 0.717) is 12.6 Å². The maximum absolute atomic E-state index is 9.05. The van der Waals surface area contributed by atoms with Crippen LogP contribution in [0.5, 0.6) is 5.75 Å². The van der Waals surface area contributed by atoms with Gasteiger partial charge in [0.25, 0.3) is 0 Å². The number of nitrogens with zero attached hydrogens (tertiary/aromatic N) is 1. The minimum atomic E-state index is 0.199. The Morgan fingerprint density at radius 3 is 2.76 bits per heavy atom. The monoisotopic (exact) mass is 255 g/mol. The minimum Gasteiger partial charge on any atom is -0.497 e. The SMILES string of the molecule is COc1ccc(CN(CCO)C2CC2)c(Cl)c1. The van der Waals surface area contributed by atoms with Crippen LogP contribution in [0, 0.1) is 0 Å². The molecule has 1 aliphatic carbocycles.